The number of aryl methyl sites for hydroxylation is 2. The molecule has 0 aromatic heterocycles. The average molecular weight is 234 g/mol. The first-order chi connectivity index (χ1) is 7.93. The van der Waals surface area contributed by atoms with E-state index in [1.165, 1.54) is 27.8 Å². The summed E-state index contributed by atoms with van der Waals surface area (Å²) in [6, 6.07) is 2.56. The third kappa shape index (κ3) is 3.83. The number of nitrogens with one attached hydrogen (secondary N) is 1. The molecule has 0 heterocycles. The monoisotopic (exact) mass is 234 g/mol. The first-order valence-electron chi connectivity index (χ1n) is 6.46. The molecule has 2 heteroatoms. The van der Waals surface area contributed by atoms with Gasteiger partial charge in [0.15, 0.2) is 0 Å². The number of benzene rings is 1. The SMILES string of the molecule is Cc1cc(C)c(C)c(CNCCC(C)N)c1C. The van der Waals surface area contributed by atoms with E-state index in [0.717, 1.165) is 19.5 Å². The van der Waals surface area contributed by atoms with Gasteiger partial charge >= 0.3 is 0 Å². The Morgan fingerprint density at radius 3 is 2.12 bits per heavy atom. The standard InChI is InChI=1S/C15H26N2/c1-10-8-11(2)14(5)15(13(10)4)9-17-7-6-12(3)16/h8,12,17H,6-7,9,16H2,1-5H3. The molecule has 96 valence electrons. The molecule has 3 N–H and O–H groups in total. The maximum Gasteiger partial charge on any atom is 0.0210 e. The van der Waals surface area contributed by atoms with E-state index in [0.29, 0.717) is 0 Å². The molecule has 0 saturated carbocycles. The Morgan fingerprint density at radius 1 is 1.12 bits per heavy atom. The van der Waals surface area contributed by atoms with E-state index in [1.807, 2.05) is 0 Å². The molecule has 1 aromatic rings. The van der Waals surface area contributed by atoms with Gasteiger partial charge in [-0.2, -0.15) is 0 Å². The van der Waals surface area contributed by atoms with Gasteiger partial charge in [0, 0.05) is 12.6 Å². The van der Waals surface area contributed by atoms with E-state index >= 15 is 0 Å². The Balaban J connectivity index is 2.70. The Bertz CT molecular complexity index is 355. The van der Waals surface area contributed by atoms with Crippen molar-refractivity contribution in [1.29, 1.82) is 0 Å². The summed E-state index contributed by atoms with van der Waals surface area (Å²) in [5.41, 5.74) is 12.8. The Hall–Kier alpha value is -0.860. The maximum absolute atomic E-state index is 5.74. The summed E-state index contributed by atoms with van der Waals surface area (Å²) in [7, 11) is 0. The molecule has 1 atom stereocenters. The van der Waals surface area contributed by atoms with Crippen molar-refractivity contribution in [3.8, 4) is 0 Å². The van der Waals surface area contributed by atoms with Crippen LogP contribution >= 0.6 is 0 Å². The van der Waals surface area contributed by atoms with E-state index in [1.54, 1.807) is 0 Å². The quantitative estimate of drug-likeness (QED) is 0.769. The van der Waals surface area contributed by atoms with Crippen LogP contribution in [-0.4, -0.2) is 12.6 Å². The van der Waals surface area contributed by atoms with Gasteiger partial charge in [-0.05, 0) is 75.4 Å². The van der Waals surface area contributed by atoms with Crippen molar-refractivity contribution >= 4 is 0 Å². The molecule has 1 unspecified atom stereocenters. The largest absolute Gasteiger partial charge is 0.328 e. The summed E-state index contributed by atoms with van der Waals surface area (Å²) in [4.78, 5) is 0. The van der Waals surface area contributed by atoms with Crippen LogP contribution in [0.15, 0.2) is 6.07 Å². The van der Waals surface area contributed by atoms with Crippen LogP contribution in [0.3, 0.4) is 0 Å². The van der Waals surface area contributed by atoms with Gasteiger partial charge in [-0.15, -0.1) is 0 Å². The first-order valence-corrected chi connectivity index (χ1v) is 6.46. The molecule has 0 saturated heterocycles. The van der Waals surface area contributed by atoms with Crippen molar-refractivity contribution in [2.24, 2.45) is 5.73 Å². The zero-order valence-electron chi connectivity index (χ0n) is 11.9. The highest BCUT2D eigenvalue weighted by atomic mass is 14.9. The molecular weight excluding hydrogens is 208 g/mol. The van der Waals surface area contributed by atoms with Crippen molar-refractivity contribution in [2.75, 3.05) is 6.54 Å². The molecule has 2 nitrogen and oxygen atoms in total. The van der Waals surface area contributed by atoms with E-state index in [-0.39, 0.29) is 6.04 Å². The molecule has 0 aliphatic heterocycles. The highest BCUT2D eigenvalue weighted by Crippen LogP contribution is 2.21. The van der Waals surface area contributed by atoms with Gasteiger partial charge in [0.25, 0.3) is 0 Å². The molecular formula is C15H26N2. The van der Waals surface area contributed by atoms with E-state index in [9.17, 15) is 0 Å². The molecule has 0 radical (unpaired) electrons. The number of rotatable bonds is 5. The lowest BCUT2D eigenvalue weighted by atomic mass is 9.94. The topological polar surface area (TPSA) is 38.0 Å². The van der Waals surface area contributed by atoms with Crippen LogP contribution in [0.1, 0.15) is 41.2 Å². The summed E-state index contributed by atoms with van der Waals surface area (Å²) < 4.78 is 0. The zero-order valence-corrected chi connectivity index (χ0v) is 11.9. The Kier molecular flexibility index (Phi) is 5.16. The van der Waals surface area contributed by atoms with E-state index in [2.05, 4.69) is 46.0 Å². The van der Waals surface area contributed by atoms with Crippen molar-refractivity contribution in [1.82, 2.24) is 5.32 Å². The number of hydrogen-bond donors (Lipinski definition) is 2. The van der Waals surface area contributed by atoms with Crippen LogP contribution < -0.4 is 11.1 Å². The molecule has 1 rings (SSSR count). The van der Waals surface area contributed by atoms with Crippen molar-refractivity contribution in [3.05, 3.63) is 33.9 Å². The van der Waals surface area contributed by atoms with Crippen molar-refractivity contribution in [3.63, 3.8) is 0 Å². The first kappa shape index (κ1) is 14.2. The molecule has 17 heavy (non-hydrogen) atoms. The summed E-state index contributed by atoms with van der Waals surface area (Å²) in [5.74, 6) is 0. The normalized spacial score (nSPS) is 12.8. The van der Waals surface area contributed by atoms with E-state index in [4.69, 9.17) is 5.73 Å². The average Bonchev–Trinajstić information content (AvgIpc) is 2.25. The van der Waals surface area contributed by atoms with Gasteiger partial charge in [-0.1, -0.05) is 6.07 Å². The van der Waals surface area contributed by atoms with Gasteiger partial charge in [0.1, 0.15) is 0 Å². The second-order valence-corrected chi connectivity index (χ2v) is 5.18. The van der Waals surface area contributed by atoms with Crippen LogP contribution in [0, 0.1) is 27.7 Å². The maximum atomic E-state index is 5.74. The van der Waals surface area contributed by atoms with Gasteiger partial charge in [0.2, 0.25) is 0 Å². The fourth-order valence-electron chi connectivity index (χ4n) is 2.11. The third-order valence-corrected chi connectivity index (χ3v) is 3.60. The molecule has 0 aliphatic rings. The summed E-state index contributed by atoms with van der Waals surface area (Å²) >= 11 is 0. The molecule has 1 aromatic carbocycles. The highest BCUT2D eigenvalue weighted by molar-refractivity contribution is 5.43. The van der Waals surface area contributed by atoms with Gasteiger partial charge < -0.3 is 11.1 Å². The fourth-order valence-corrected chi connectivity index (χ4v) is 2.11. The fraction of sp³-hybridized carbons (Fsp3) is 0.600. The van der Waals surface area contributed by atoms with Crippen LogP contribution in [0.4, 0.5) is 0 Å². The Labute approximate surface area is 106 Å². The molecule has 0 aliphatic carbocycles. The van der Waals surface area contributed by atoms with Crippen LogP contribution in [-0.2, 0) is 6.54 Å². The minimum atomic E-state index is 0.281. The van der Waals surface area contributed by atoms with E-state index < -0.39 is 0 Å². The molecule has 0 spiro atoms. The molecule has 0 amide bonds. The summed E-state index contributed by atoms with van der Waals surface area (Å²) in [6.07, 6.45) is 1.03. The number of nitrogens with two attached hydrogens (primary N) is 1. The second-order valence-electron chi connectivity index (χ2n) is 5.18. The van der Waals surface area contributed by atoms with Crippen molar-refractivity contribution < 1.29 is 0 Å². The lowest BCUT2D eigenvalue weighted by molar-refractivity contribution is 0.587. The predicted octanol–water partition coefficient (Wildman–Crippen LogP) is 2.75. The highest BCUT2D eigenvalue weighted by Gasteiger charge is 2.07. The van der Waals surface area contributed by atoms with Gasteiger partial charge in [-0.25, -0.2) is 0 Å². The smallest absolute Gasteiger partial charge is 0.0210 e. The predicted molar refractivity (Wildman–Crippen MR) is 75.4 cm³/mol. The van der Waals surface area contributed by atoms with Gasteiger partial charge in [0.05, 0.1) is 0 Å². The van der Waals surface area contributed by atoms with Gasteiger partial charge in [-0.3, -0.25) is 0 Å². The zero-order chi connectivity index (χ0) is 13.0. The van der Waals surface area contributed by atoms with Crippen molar-refractivity contribution in [2.45, 2.75) is 53.6 Å². The number of hydrogen-bond acceptors (Lipinski definition) is 2. The third-order valence-electron chi connectivity index (χ3n) is 3.60. The summed E-state index contributed by atoms with van der Waals surface area (Å²) in [5, 5.41) is 3.49. The van der Waals surface area contributed by atoms with Crippen LogP contribution in [0.2, 0.25) is 0 Å². The lowest BCUT2D eigenvalue weighted by Crippen LogP contribution is -2.24. The lowest BCUT2D eigenvalue weighted by Gasteiger charge is -2.16. The van der Waals surface area contributed by atoms with Crippen LogP contribution in [0.25, 0.3) is 0 Å². The minimum Gasteiger partial charge on any atom is -0.328 e. The Morgan fingerprint density at radius 2 is 1.65 bits per heavy atom. The molecule has 0 fully saturated rings. The molecule has 0 bridgehead atoms. The summed E-state index contributed by atoms with van der Waals surface area (Å²) in [6.45, 7) is 12.8. The second kappa shape index (κ2) is 6.18. The van der Waals surface area contributed by atoms with Crippen LogP contribution in [0.5, 0.6) is 0 Å². The minimum absolute atomic E-state index is 0.281.